The summed E-state index contributed by atoms with van der Waals surface area (Å²) < 4.78 is 15.3. The molecule has 0 fully saturated rings. The Hall–Kier alpha value is -5.37. The molecule has 0 bridgehead atoms. The number of aromatic nitrogens is 3. The van der Waals surface area contributed by atoms with Gasteiger partial charge in [-0.1, -0.05) is 48.5 Å². The Bertz CT molecular complexity index is 1880. The first-order chi connectivity index (χ1) is 19.4. The molecule has 0 radical (unpaired) electrons. The van der Waals surface area contributed by atoms with Crippen LogP contribution in [-0.2, 0) is 13.1 Å². The normalized spacial score (nSPS) is 11.1. The number of halogens is 1. The van der Waals surface area contributed by atoms with Crippen LogP contribution in [0.5, 0.6) is 0 Å². The van der Waals surface area contributed by atoms with Gasteiger partial charge in [0.1, 0.15) is 5.82 Å². The Morgan fingerprint density at radius 2 is 1.62 bits per heavy atom. The molecule has 0 unspecified atom stereocenters. The number of carbonyl (C=O) groups is 2. The number of nitrogens with one attached hydrogen (secondary N) is 1. The van der Waals surface area contributed by atoms with Crippen LogP contribution in [0.2, 0.25) is 0 Å². The molecule has 2 N–H and O–H groups in total. The van der Waals surface area contributed by atoms with Gasteiger partial charge in [0.2, 0.25) is 0 Å². The summed E-state index contributed by atoms with van der Waals surface area (Å²) in [6.07, 6.45) is 1.71. The lowest BCUT2D eigenvalue weighted by molar-refractivity contribution is 0.0696. The molecule has 0 saturated heterocycles. The molecular formula is C32H23FN4O3. The average Bonchev–Trinajstić information content (AvgIpc) is 3.38. The Morgan fingerprint density at radius 3 is 2.40 bits per heavy atom. The van der Waals surface area contributed by atoms with Crippen LogP contribution in [0.15, 0.2) is 103 Å². The van der Waals surface area contributed by atoms with Crippen molar-refractivity contribution in [1.29, 1.82) is 0 Å². The molecular weight excluding hydrogens is 507 g/mol. The molecule has 0 aliphatic rings. The van der Waals surface area contributed by atoms with Gasteiger partial charge in [0.25, 0.3) is 5.91 Å². The number of pyridine rings is 1. The zero-order valence-electron chi connectivity index (χ0n) is 21.2. The highest BCUT2D eigenvalue weighted by Crippen LogP contribution is 2.29. The van der Waals surface area contributed by atoms with Crippen LogP contribution in [0.3, 0.4) is 0 Å². The summed E-state index contributed by atoms with van der Waals surface area (Å²) in [5.74, 6) is -1.67. The van der Waals surface area contributed by atoms with E-state index in [1.807, 2.05) is 42.5 Å². The topological polar surface area (TPSA) is 97.1 Å². The van der Waals surface area contributed by atoms with Gasteiger partial charge in [0.15, 0.2) is 0 Å². The maximum absolute atomic E-state index is 13.6. The van der Waals surface area contributed by atoms with E-state index in [2.05, 4.69) is 10.4 Å². The number of carboxylic acids is 1. The van der Waals surface area contributed by atoms with Crippen molar-refractivity contribution in [3.8, 4) is 11.1 Å². The van der Waals surface area contributed by atoms with E-state index in [4.69, 9.17) is 10.1 Å². The van der Waals surface area contributed by atoms with Gasteiger partial charge >= 0.3 is 5.97 Å². The molecule has 4 aromatic carbocycles. The first kappa shape index (κ1) is 24.9. The van der Waals surface area contributed by atoms with E-state index in [0.717, 1.165) is 38.7 Å². The van der Waals surface area contributed by atoms with Crippen LogP contribution in [0.1, 0.15) is 32.0 Å². The molecule has 1 amide bonds. The number of carbonyl (C=O) groups excluding carboxylic acids is 1. The fraction of sp³-hybridized carbons (Fsp3) is 0.0625. The van der Waals surface area contributed by atoms with Crippen LogP contribution in [0.25, 0.3) is 32.9 Å². The van der Waals surface area contributed by atoms with Crippen molar-refractivity contribution in [2.45, 2.75) is 13.1 Å². The molecule has 7 nitrogen and oxygen atoms in total. The van der Waals surface area contributed by atoms with Crippen molar-refractivity contribution >= 4 is 33.7 Å². The van der Waals surface area contributed by atoms with Gasteiger partial charge in [0, 0.05) is 17.3 Å². The lowest BCUT2D eigenvalue weighted by atomic mass is 9.99. The minimum atomic E-state index is -1.01. The second-order valence-corrected chi connectivity index (χ2v) is 9.45. The summed E-state index contributed by atoms with van der Waals surface area (Å²) in [7, 11) is 0. The quantitative estimate of drug-likeness (QED) is 0.261. The van der Waals surface area contributed by atoms with Gasteiger partial charge < -0.3 is 10.4 Å². The molecule has 6 aromatic rings. The van der Waals surface area contributed by atoms with Crippen LogP contribution in [-0.4, -0.2) is 31.7 Å². The molecule has 8 heteroatoms. The summed E-state index contributed by atoms with van der Waals surface area (Å²) in [5.41, 5.74) is 5.21. The van der Waals surface area contributed by atoms with E-state index in [9.17, 15) is 14.0 Å². The molecule has 6 rings (SSSR count). The number of aromatic carboxylic acids is 1. The predicted molar refractivity (Wildman–Crippen MR) is 151 cm³/mol. The van der Waals surface area contributed by atoms with E-state index in [0.29, 0.717) is 17.6 Å². The summed E-state index contributed by atoms with van der Waals surface area (Å²) in [6, 6.07) is 28.0. The number of carboxylic acid groups (broad SMARTS) is 1. The van der Waals surface area contributed by atoms with Crippen molar-refractivity contribution in [3.05, 3.63) is 131 Å². The Labute approximate surface area is 228 Å². The number of fused-ring (bicyclic) bond motifs is 2. The molecule has 0 aliphatic carbocycles. The smallest absolute Gasteiger partial charge is 0.335 e. The zero-order valence-corrected chi connectivity index (χ0v) is 21.2. The van der Waals surface area contributed by atoms with Crippen LogP contribution < -0.4 is 5.32 Å². The largest absolute Gasteiger partial charge is 0.478 e. The first-order valence-electron chi connectivity index (χ1n) is 12.7. The second-order valence-electron chi connectivity index (χ2n) is 9.45. The van der Waals surface area contributed by atoms with E-state index in [1.165, 1.54) is 24.3 Å². The third kappa shape index (κ3) is 5.02. The number of benzene rings is 4. The number of hydrogen-bond acceptors (Lipinski definition) is 4. The Morgan fingerprint density at radius 1 is 0.850 bits per heavy atom. The molecule has 2 aromatic heterocycles. The fourth-order valence-corrected chi connectivity index (χ4v) is 4.73. The third-order valence-electron chi connectivity index (χ3n) is 6.78. The van der Waals surface area contributed by atoms with Crippen molar-refractivity contribution in [1.82, 2.24) is 20.1 Å². The van der Waals surface area contributed by atoms with Gasteiger partial charge in [-0.25, -0.2) is 9.18 Å². The molecule has 2 heterocycles. The molecule has 0 aliphatic heterocycles. The van der Waals surface area contributed by atoms with E-state index in [1.54, 1.807) is 41.2 Å². The van der Waals surface area contributed by atoms with Crippen LogP contribution in [0, 0.1) is 5.82 Å². The van der Waals surface area contributed by atoms with Gasteiger partial charge in [0.05, 0.1) is 40.6 Å². The minimum absolute atomic E-state index is 0.176. The maximum atomic E-state index is 13.6. The summed E-state index contributed by atoms with van der Waals surface area (Å²) in [5, 5.41) is 18.5. The molecule has 0 atom stereocenters. The summed E-state index contributed by atoms with van der Waals surface area (Å²) in [4.78, 5) is 29.5. The van der Waals surface area contributed by atoms with E-state index < -0.39 is 5.97 Å². The summed E-state index contributed by atoms with van der Waals surface area (Å²) in [6.45, 7) is 0.572. The number of hydrogen-bond donors (Lipinski definition) is 2. The SMILES string of the molecule is O=C(O)c1ccc(CNC(=O)c2cc(-c3ccc(F)cc3)cc3cnn(Cc4ccc5ccccc5n4)c23)cc1. The highest BCUT2D eigenvalue weighted by atomic mass is 19.1. The van der Waals surface area contributed by atoms with Gasteiger partial charge in [-0.3, -0.25) is 14.5 Å². The highest BCUT2D eigenvalue weighted by Gasteiger charge is 2.18. The Kier molecular flexibility index (Phi) is 6.49. The van der Waals surface area contributed by atoms with Crippen molar-refractivity contribution < 1.29 is 19.1 Å². The highest BCUT2D eigenvalue weighted by molar-refractivity contribution is 6.07. The lowest BCUT2D eigenvalue weighted by Crippen LogP contribution is -2.24. The average molecular weight is 531 g/mol. The standard InChI is InChI=1S/C32H23FN4O3/c33-26-12-9-21(10-13-26)24-15-25-18-35-37(19-27-14-11-22-3-1-2-4-29(22)36-27)30(25)28(16-24)31(38)34-17-20-5-7-23(8-6-20)32(39)40/h1-16,18H,17,19H2,(H,34,38)(H,39,40). The lowest BCUT2D eigenvalue weighted by Gasteiger charge is -2.12. The second kappa shape index (κ2) is 10.4. The van der Waals surface area contributed by atoms with E-state index >= 15 is 0 Å². The predicted octanol–water partition coefficient (Wildman–Crippen LogP) is 6.07. The van der Waals surface area contributed by atoms with Gasteiger partial charge in [-0.15, -0.1) is 0 Å². The molecule has 0 spiro atoms. The first-order valence-corrected chi connectivity index (χ1v) is 12.7. The monoisotopic (exact) mass is 530 g/mol. The van der Waals surface area contributed by atoms with Crippen molar-refractivity contribution in [3.63, 3.8) is 0 Å². The van der Waals surface area contributed by atoms with Crippen molar-refractivity contribution in [2.75, 3.05) is 0 Å². The number of rotatable bonds is 7. The van der Waals surface area contributed by atoms with Crippen LogP contribution >= 0.6 is 0 Å². The maximum Gasteiger partial charge on any atom is 0.335 e. The third-order valence-corrected chi connectivity index (χ3v) is 6.78. The molecule has 0 saturated carbocycles. The number of amides is 1. The number of para-hydroxylation sites is 1. The van der Waals surface area contributed by atoms with Gasteiger partial charge in [-0.05, 0) is 65.2 Å². The van der Waals surface area contributed by atoms with Crippen molar-refractivity contribution in [2.24, 2.45) is 0 Å². The minimum Gasteiger partial charge on any atom is -0.478 e. The zero-order chi connectivity index (χ0) is 27.6. The number of nitrogens with zero attached hydrogens (tertiary/aromatic N) is 3. The van der Waals surface area contributed by atoms with Gasteiger partial charge in [-0.2, -0.15) is 5.10 Å². The van der Waals surface area contributed by atoms with E-state index in [-0.39, 0.29) is 23.8 Å². The molecule has 196 valence electrons. The fourth-order valence-electron chi connectivity index (χ4n) is 4.73. The Balaban J connectivity index is 1.37. The van der Waals surface area contributed by atoms with Crippen LogP contribution in [0.4, 0.5) is 4.39 Å². The summed E-state index contributed by atoms with van der Waals surface area (Å²) >= 11 is 0. The molecule has 40 heavy (non-hydrogen) atoms.